The van der Waals surface area contributed by atoms with E-state index in [0.717, 1.165) is 12.8 Å². The van der Waals surface area contributed by atoms with Crippen LogP contribution < -0.4 is 0 Å². The van der Waals surface area contributed by atoms with Gasteiger partial charge in [-0.15, -0.1) is 0 Å². The average molecular weight is 258 g/mol. The molecule has 0 radical (unpaired) electrons. The number of hydrogen-bond donors (Lipinski definition) is 0. The van der Waals surface area contributed by atoms with Gasteiger partial charge in [-0.1, -0.05) is 27.2 Å². The Bertz CT molecular complexity index is 282. The van der Waals surface area contributed by atoms with E-state index in [0.29, 0.717) is 6.61 Å². The molecule has 0 aliphatic carbocycles. The Morgan fingerprint density at radius 2 is 1.67 bits per heavy atom. The molecule has 4 nitrogen and oxygen atoms in total. The van der Waals surface area contributed by atoms with Crippen molar-refractivity contribution in [1.29, 1.82) is 0 Å². The lowest BCUT2D eigenvalue weighted by atomic mass is 9.94. The molecule has 0 amide bonds. The first-order chi connectivity index (χ1) is 8.21. The lowest BCUT2D eigenvalue weighted by Crippen LogP contribution is -2.38. The van der Waals surface area contributed by atoms with Crippen molar-refractivity contribution in [1.82, 2.24) is 0 Å². The molecule has 0 fully saturated rings. The van der Waals surface area contributed by atoms with Crippen LogP contribution in [0.15, 0.2) is 0 Å². The first kappa shape index (κ1) is 16.9. The molecule has 0 aromatic rings. The maximum atomic E-state index is 11.9. The highest BCUT2D eigenvalue weighted by Crippen LogP contribution is 2.21. The number of hydrogen-bond acceptors (Lipinski definition) is 4. The van der Waals surface area contributed by atoms with Crippen LogP contribution in [0.4, 0.5) is 0 Å². The zero-order valence-corrected chi connectivity index (χ0v) is 12.4. The molecular weight excluding hydrogens is 232 g/mol. The van der Waals surface area contributed by atoms with Crippen molar-refractivity contribution in [2.45, 2.75) is 60.5 Å². The van der Waals surface area contributed by atoms with Gasteiger partial charge in [-0.05, 0) is 33.1 Å². The zero-order chi connectivity index (χ0) is 14.3. The molecule has 0 saturated heterocycles. The third kappa shape index (κ3) is 5.52. The molecule has 0 heterocycles. The molecule has 0 bridgehead atoms. The van der Waals surface area contributed by atoms with Crippen LogP contribution in [0.5, 0.6) is 0 Å². The molecule has 4 heteroatoms. The second-order valence-corrected chi connectivity index (χ2v) is 5.62. The molecule has 0 aromatic heterocycles. The molecular formula is C14H26O4. The van der Waals surface area contributed by atoms with Crippen molar-refractivity contribution in [3.63, 3.8) is 0 Å². The van der Waals surface area contributed by atoms with Crippen LogP contribution in [0.25, 0.3) is 0 Å². The van der Waals surface area contributed by atoms with E-state index >= 15 is 0 Å². The fraction of sp³-hybridized carbons (Fsp3) is 0.857. The molecule has 18 heavy (non-hydrogen) atoms. The minimum Gasteiger partial charge on any atom is -0.465 e. The molecule has 0 aliphatic rings. The predicted octanol–water partition coefficient (Wildman–Crippen LogP) is 2.94. The molecule has 0 saturated carbocycles. The molecule has 0 aromatic carbocycles. The fourth-order valence-corrected chi connectivity index (χ4v) is 1.30. The quantitative estimate of drug-likeness (QED) is 0.520. The second-order valence-electron chi connectivity index (χ2n) is 5.62. The summed E-state index contributed by atoms with van der Waals surface area (Å²) in [6.07, 6.45) is 1.56. The van der Waals surface area contributed by atoms with E-state index in [1.807, 2.05) is 27.7 Å². The Morgan fingerprint density at radius 1 is 1.11 bits per heavy atom. The van der Waals surface area contributed by atoms with E-state index in [2.05, 4.69) is 0 Å². The zero-order valence-electron chi connectivity index (χ0n) is 12.4. The molecule has 0 spiro atoms. The van der Waals surface area contributed by atoms with Gasteiger partial charge < -0.3 is 9.47 Å². The highest BCUT2D eigenvalue weighted by atomic mass is 16.6. The van der Waals surface area contributed by atoms with Gasteiger partial charge >= 0.3 is 11.9 Å². The summed E-state index contributed by atoms with van der Waals surface area (Å²) in [5.41, 5.74) is -1.24. The predicted molar refractivity (Wildman–Crippen MR) is 70.0 cm³/mol. The van der Waals surface area contributed by atoms with Crippen LogP contribution >= 0.6 is 0 Å². The summed E-state index contributed by atoms with van der Waals surface area (Å²) in [5.74, 6) is -0.790. The molecule has 0 N–H and O–H groups in total. The second kappa shape index (κ2) is 7.39. The lowest BCUT2D eigenvalue weighted by Gasteiger charge is -2.23. The van der Waals surface area contributed by atoms with E-state index in [1.165, 1.54) is 13.8 Å². The topological polar surface area (TPSA) is 52.6 Å². The van der Waals surface area contributed by atoms with Gasteiger partial charge in [0.15, 0.2) is 5.41 Å². The van der Waals surface area contributed by atoms with Gasteiger partial charge in [-0.25, -0.2) is 0 Å². The first-order valence-corrected chi connectivity index (χ1v) is 6.60. The Kier molecular flexibility index (Phi) is 6.96. The molecule has 1 atom stereocenters. The third-order valence-electron chi connectivity index (χ3n) is 2.57. The van der Waals surface area contributed by atoms with Gasteiger partial charge in [0.05, 0.1) is 12.7 Å². The van der Waals surface area contributed by atoms with Gasteiger partial charge in [-0.3, -0.25) is 9.59 Å². The third-order valence-corrected chi connectivity index (χ3v) is 2.57. The van der Waals surface area contributed by atoms with Crippen LogP contribution in [0, 0.1) is 11.3 Å². The Balaban J connectivity index is 4.41. The highest BCUT2D eigenvalue weighted by Gasteiger charge is 2.40. The van der Waals surface area contributed by atoms with Gasteiger partial charge in [0.25, 0.3) is 0 Å². The summed E-state index contributed by atoms with van der Waals surface area (Å²) in [5, 5.41) is 0. The maximum Gasteiger partial charge on any atom is 0.323 e. The monoisotopic (exact) mass is 258 g/mol. The standard InChI is InChI=1S/C14H26O4/c1-7-8-11(4)18-13(16)14(5,6)12(15)17-9-10(2)3/h10-11H,7-9H2,1-6H3. The number of carbonyl (C=O) groups is 2. The van der Waals surface area contributed by atoms with Gasteiger partial charge in [0, 0.05) is 0 Å². The summed E-state index contributed by atoms with van der Waals surface area (Å²) in [4.78, 5) is 23.7. The Morgan fingerprint density at radius 3 is 2.11 bits per heavy atom. The maximum absolute atomic E-state index is 11.9. The van der Waals surface area contributed by atoms with Gasteiger partial charge in [0.2, 0.25) is 0 Å². The molecule has 0 aliphatic heterocycles. The van der Waals surface area contributed by atoms with Crippen LogP contribution in [0.2, 0.25) is 0 Å². The Labute approximate surface area is 110 Å². The number of ether oxygens (including phenoxy) is 2. The van der Waals surface area contributed by atoms with Crippen molar-refractivity contribution >= 4 is 11.9 Å². The van der Waals surface area contributed by atoms with Crippen molar-refractivity contribution < 1.29 is 19.1 Å². The summed E-state index contributed by atoms with van der Waals surface area (Å²) >= 11 is 0. The van der Waals surface area contributed by atoms with Crippen LogP contribution in [-0.4, -0.2) is 24.6 Å². The minimum absolute atomic E-state index is 0.167. The summed E-state index contributed by atoms with van der Waals surface area (Å²) < 4.78 is 10.3. The largest absolute Gasteiger partial charge is 0.465 e. The van der Waals surface area contributed by atoms with Crippen LogP contribution in [-0.2, 0) is 19.1 Å². The summed E-state index contributed by atoms with van der Waals surface area (Å²) in [7, 11) is 0. The number of carbonyl (C=O) groups excluding carboxylic acids is 2. The summed E-state index contributed by atoms with van der Waals surface area (Å²) in [6, 6.07) is 0. The average Bonchev–Trinajstić information content (AvgIpc) is 2.25. The summed E-state index contributed by atoms with van der Waals surface area (Å²) in [6.45, 7) is 11.1. The van der Waals surface area contributed by atoms with Crippen LogP contribution in [0.1, 0.15) is 54.4 Å². The fourth-order valence-electron chi connectivity index (χ4n) is 1.30. The normalized spacial score (nSPS) is 13.3. The van der Waals surface area contributed by atoms with E-state index in [-0.39, 0.29) is 12.0 Å². The van der Waals surface area contributed by atoms with Crippen LogP contribution in [0.3, 0.4) is 0 Å². The Hall–Kier alpha value is -1.06. The van der Waals surface area contributed by atoms with E-state index in [4.69, 9.17) is 9.47 Å². The van der Waals surface area contributed by atoms with E-state index in [9.17, 15) is 9.59 Å². The number of esters is 2. The molecule has 0 rings (SSSR count). The van der Waals surface area contributed by atoms with Gasteiger partial charge in [-0.2, -0.15) is 0 Å². The smallest absolute Gasteiger partial charge is 0.323 e. The molecule has 1 unspecified atom stereocenters. The van der Waals surface area contributed by atoms with E-state index in [1.54, 1.807) is 0 Å². The highest BCUT2D eigenvalue weighted by molar-refractivity contribution is 5.99. The minimum atomic E-state index is -1.24. The van der Waals surface area contributed by atoms with Crippen molar-refractivity contribution in [3.05, 3.63) is 0 Å². The SMILES string of the molecule is CCCC(C)OC(=O)C(C)(C)C(=O)OCC(C)C. The lowest BCUT2D eigenvalue weighted by molar-refractivity contribution is -0.173. The van der Waals surface area contributed by atoms with Crippen molar-refractivity contribution in [2.75, 3.05) is 6.61 Å². The van der Waals surface area contributed by atoms with Crippen molar-refractivity contribution in [2.24, 2.45) is 11.3 Å². The van der Waals surface area contributed by atoms with Crippen molar-refractivity contribution in [3.8, 4) is 0 Å². The first-order valence-electron chi connectivity index (χ1n) is 6.60. The van der Waals surface area contributed by atoms with E-state index < -0.39 is 17.4 Å². The van der Waals surface area contributed by atoms with Gasteiger partial charge in [0.1, 0.15) is 0 Å². The number of rotatable bonds is 7. The molecule has 106 valence electrons.